The van der Waals surface area contributed by atoms with E-state index in [9.17, 15) is 15.3 Å². The molecule has 1 aliphatic carbocycles. The zero-order chi connectivity index (χ0) is 14.3. The normalized spacial score (nSPS) is 18.8. The topological polar surface area (TPSA) is 69.9 Å². The van der Waals surface area contributed by atoms with E-state index in [2.05, 4.69) is 25.5 Å². The monoisotopic (exact) mass is 288 g/mol. The Hall–Kier alpha value is -0.250. The number of rotatable bonds is 8. The number of aliphatic hydroxyl groups excluding tert-OH is 2. The molecule has 0 aromatic rings. The molecule has 0 amide bonds. The van der Waals surface area contributed by atoms with Crippen LogP contribution in [0.5, 0.6) is 0 Å². The second-order valence-electron chi connectivity index (χ2n) is 5.10. The summed E-state index contributed by atoms with van der Waals surface area (Å²) in [7, 11) is -0.0658. The SMILES string of the molecule is CP(C)CCOC(O)[C@H](CC1=CCCC=C1)C(O)O. The molecule has 0 aliphatic heterocycles. The average Bonchev–Trinajstić information content (AvgIpc) is 2.36. The van der Waals surface area contributed by atoms with Crippen molar-refractivity contribution >= 4 is 7.92 Å². The second kappa shape index (κ2) is 8.83. The Kier molecular flexibility index (Phi) is 7.81. The number of allylic oxidation sites excluding steroid dienone is 4. The smallest absolute Gasteiger partial charge is 0.162 e. The average molecular weight is 288 g/mol. The van der Waals surface area contributed by atoms with Gasteiger partial charge < -0.3 is 20.1 Å². The lowest BCUT2D eigenvalue weighted by Crippen LogP contribution is -2.34. The second-order valence-corrected chi connectivity index (χ2v) is 7.71. The molecule has 0 bridgehead atoms. The van der Waals surface area contributed by atoms with Crippen LogP contribution in [-0.4, -0.2) is 54.0 Å². The van der Waals surface area contributed by atoms with Crippen LogP contribution < -0.4 is 0 Å². The molecule has 0 heterocycles. The number of ether oxygens (including phenoxy) is 1. The molecule has 0 aromatic carbocycles. The highest BCUT2D eigenvalue weighted by Crippen LogP contribution is 2.26. The molecule has 5 heteroatoms. The third-order valence-corrected chi connectivity index (χ3v) is 4.20. The first-order valence-corrected chi connectivity index (χ1v) is 9.09. The lowest BCUT2D eigenvalue weighted by molar-refractivity contribution is -0.198. The molecule has 0 saturated carbocycles. The minimum Gasteiger partial charge on any atom is -0.368 e. The Bertz CT molecular complexity index is 313. The highest BCUT2D eigenvalue weighted by Gasteiger charge is 2.27. The van der Waals surface area contributed by atoms with Crippen molar-refractivity contribution in [2.75, 3.05) is 26.1 Å². The molecule has 3 N–H and O–H groups in total. The standard InChI is InChI=1S/C14H25O4P/c1-19(2)9-8-18-14(17)12(13(15)16)10-11-6-4-3-5-7-11/h4,6-7,12-17H,3,5,8-10H2,1-2H3/t12-,14?/m1/s1. The molecule has 0 spiro atoms. The summed E-state index contributed by atoms with van der Waals surface area (Å²) in [5.41, 5.74) is 1.03. The fraction of sp³-hybridized carbons (Fsp3) is 0.714. The van der Waals surface area contributed by atoms with Crippen molar-refractivity contribution < 1.29 is 20.1 Å². The summed E-state index contributed by atoms with van der Waals surface area (Å²) < 4.78 is 5.32. The van der Waals surface area contributed by atoms with E-state index in [1.807, 2.05) is 6.08 Å². The summed E-state index contributed by atoms with van der Waals surface area (Å²) in [4.78, 5) is 0. The van der Waals surface area contributed by atoms with Crippen LogP contribution in [-0.2, 0) is 4.74 Å². The third-order valence-electron chi connectivity index (χ3n) is 3.12. The molecule has 1 unspecified atom stereocenters. The Balaban J connectivity index is 2.46. The fourth-order valence-corrected chi connectivity index (χ4v) is 2.39. The summed E-state index contributed by atoms with van der Waals surface area (Å²) in [6.07, 6.45) is 6.71. The summed E-state index contributed by atoms with van der Waals surface area (Å²) >= 11 is 0. The summed E-state index contributed by atoms with van der Waals surface area (Å²) in [5, 5.41) is 28.7. The van der Waals surface area contributed by atoms with Gasteiger partial charge in [0.25, 0.3) is 0 Å². The Morgan fingerprint density at radius 3 is 2.53 bits per heavy atom. The largest absolute Gasteiger partial charge is 0.368 e. The molecule has 1 aliphatic rings. The van der Waals surface area contributed by atoms with E-state index in [4.69, 9.17) is 4.74 Å². The zero-order valence-corrected chi connectivity index (χ0v) is 12.6. The fourth-order valence-electron chi connectivity index (χ4n) is 1.92. The van der Waals surface area contributed by atoms with Gasteiger partial charge in [-0.1, -0.05) is 23.8 Å². The number of hydrogen-bond donors (Lipinski definition) is 3. The van der Waals surface area contributed by atoms with Crippen molar-refractivity contribution in [1.82, 2.24) is 0 Å². The summed E-state index contributed by atoms with van der Waals surface area (Å²) in [6, 6.07) is 0. The maximum absolute atomic E-state index is 9.94. The van der Waals surface area contributed by atoms with E-state index in [-0.39, 0.29) is 7.92 Å². The van der Waals surface area contributed by atoms with Crippen LogP contribution in [0.4, 0.5) is 0 Å². The van der Waals surface area contributed by atoms with Crippen molar-refractivity contribution in [3.8, 4) is 0 Å². The summed E-state index contributed by atoms with van der Waals surface area (Å²) in [5.74, 6) is -0.700. The zero-order valence-electron chi connectivity index (χ0n) is 11.7. The predicted octanol–water partition coefficient (Wildman–Crippen LogP) is 1.66. The maximum Gasteiger partial charge on any atom is 0.162 e. The van der Waals surface area contributed by atoms with Crippen molar-refractivity contribution in [3.05, 3.63) is 23.8 Å². The van der Waals surface area contributed by atoms with E-state index >= 15 is 0 Å². The van der Waals surface area contributed by atoms with Crippen LogP contribution in [0.1, 0.15) is 19.3 Å². The predicted molar refractivity (Wildman–Crippen MR) is 78.4 cm³/mol. The van der Waals surface area contributed by atoms with Gasteiger partial charge in [-0.15, -0.1) is 7.92 Å². The Labute approximate surface area is 116 Å². The van der Waals surface area contributed by atoms with Crippen LogP contribution in [0.2, 0.25) is 0 Å². The number of hydrogen-bond acceptors (Lipinski definition) is 4. The molecule has 4 nitrogen and oxygen atoms in total. The highest BCUT2D eigenvalue weighted by molar-refractivity contribution is 7.55. The van der Waals surface area contributed by atoms with Crippen LogP contribution >= 0.6 is 7.92 Å². The van der Waals surface area contributed by atoms with Gasteiger partial charge in [0.05, 0.1) is 12.5 Å². The van der Waals surface area contributed by atoms with Crippen molar-refractivity contribution in [2.24, 2.45) is 5.92 Å². The molecule has 0 aromatic heterocycles. The van der Waals surface area contributed by atoms with E-state index in [1.165, 1.54) is 0 Å². The molecular weight excluding hydrogens is 263 g/mol. The highest BCUT2D eigenvalue weighted by atomic mass is 31.1. The van der Waals surface area contributed by atoms with Crippen molar-refractivity contribution in [2.45, 2.75) is 31.8 Å². The Morgan fingerprint density at radius 2 is 2.00 bits per heavy atom. The Morgan fingerprint density at radius 1 is 1.26 bits per heavy atom. The van der Waals surface area contributed by atoms with E-state index in [1.54, 1.807) is 0 Å². The first-order valence-electron chi connectivity index (χ1n) is 6.67. The van der Waals surface area contributed by atoms with Gasteiger partial charge in [0.1, 0.15) is 0 Å². The molecule has 0 saturated heterocycles. The van der Waals surface area contributed by atoms with E-state index in [0.717, 1.165) is 24.6 Å². The van der Waals surface area contributed by atoms with Crippen LogP contribution in [0.3, 0.4) is 0 Å². The first kappa shape index (κ1) is 16.8. The van der Waals surface area contributed by atoms with Crippen molar-refractivity contribution in [3.63, 3.8) is 0 Å². The van der Waals surface area contributed by atoms with E-state index < -0.39 is 18.5 Å². The van der Waals surface area contributed by atoms with Gasteiger partial charge in [0.15, 0.2) is 12.6 Å². The van der Waals surface area contributed by atoms with Gasteiger partial charge in [-0.05, 0) is 38.8 Å². The van der Waals surface area contributed by atoms with Crippen molar-refractivity contribution in [1.29, 1.82) is 0 Å². The van der Waals surface area contributed by atoms with Gasteiger partial charge in [0.2, 0.25) is 0 Å². The van der Waals surface area contributed by atoms with Crippen LogP contribution in [0.15, 0.2) is 23.8 Å². The molecule has 1 rings (SSSR count). The van der Waals surface area contributed by atoms with E-state index in [0.29, 0.717) is 13.0 Å². The first-order chi connectivity index (χ1) is 9.00. The van der Waals surface area contributed by atoms with Gasteiger partial charge in [-0.3, -0.25) is 0 Å². The molecule has 110 valence electrons. The lowest BCUT2D eigenvalue weighted by Gasteiger charge is -2.25. The van der Waals surface area contributed by atoms with Gasteiger partial charge >= 0.3 is 0 Å². The quantitative estimate of drug-likeness (QED) is 0.469. The van der Waals surface area contributed by atoms with Gasteiger partial charge in [-0.25, -0.2) is 0 Å². The summed E-state index contributed by atoms with van der Waals surface area (Å²) in [6.45, 7) is 4.74. The molecule has 0 fully saturated rings. The van der Waals surface area contributed by atoms with Crippen LogP contribution in [0.25, 0.3) is 0 Å². The molecule has 0 radical (unpaired) electrons. The van der Waals surface area contributed by atoms with Crippen LogP contribution in [0, 0.1) is 5.92 Å². The number of aliphatic hydroxyl groups is 3. The lowest BCUT2D eigenvalue weighted by atomic mass is 9.94. The minimum atomic E-state index is -1.57. The maximum atomic E-state index is 9.94. The van der Waals surface area contributed by atoms with Gasteiger partial charge in [-0.2, -0.15) is 0 Å². The van der Waals surface area contributed by atoms with Gasteiger partial charge in [0, 0.05) is 0 Å². The molecule has 2 atom stereocenters. The third kappa shape index (κ3) is 6.64. The molecule has 19 heavy (non-hydrogen) atoms. The minimum absolute atomic E-state index is 0.0658. The molecular formula is C14H25O4P.